The molecular weight excluding hydrogens is 296 g/mol. The Balaban J connectivity index is 2.48. The topological polar surface area (TPSA) is 36.1 Å². The van der Waals surface area contributed by atoms with Crippen LogP contribution in [0.1, 0.15) is 50.1 Å². The molecule has 0 aliphatic heterocycles. The Morgan fingerprint density at radius 3 is 2.12 bits per heavy atom. The average Bonchev–Trinajstić information content (AvgIpc) is 2.46. The Labute approximate surface area is 146 Å². The molecule has 1 aromatic carbocycles. The van der Waals surface area contributed by atoms with Crippen molar-refractivity contribution in [3.05, 3.63) is 44.7 Å². The van der Waals surface area contributed by atoms with Crippen LogP contribution in [0.5, 0.6) is 0 Å². The molecule has 1 heterocycles. The van der Waals surface area contributed by atoms with Crippen LogP contribution in [0.2, 0.25) is 0 Å². The monoisotopic (exact) mass is 328 g/mol. The number of aromatic nitrogens is 1. The lowest BCUT2D eigenvalue weighted by molar-refractivity contribution is 0.210. The lowest BCUT2D eigenvalue weighted by Crippen LogP contribution is -2.33. The van der Waals surface area contributed by atoms with Gasteiger partial charge >= 0.3 is 0 Å². The van der Waals surface area contributed by atoms with Crippen molar-refractivity contribution in [1.82, 2.24) is 9.88 Å². The van der Waals surface area contributed by atoms with E-state index in [1.165, 1.54) is 11.1 Å². The van der Waals surface area contributed by atoms with E-state index in [0.717, 1.165) is 41.8 Å². The van der Waals surface area contributed by atoms with Gasteiger partial charge in [0.2, 0.25) is 0 Å². The summed E-state index contributed by atoms with van der Waals surface area (Å²) in [6, 6.07) is 4.01. The van der Waals surface area contributed by atoms with Gasteiger partial charge in [0.25, 0.3) is 0 Å². The summed E-state index contributed by atoms with van der Waals surface area (Å²) >= 11 is 0. The van der Waals surface area contributed by atoms with Crippen molar-refractivity contribution in [2.75, 3.05) is 13.1 Å². The maximum atomic E-state index is 13.1. The number of nitrogens with zero attached hydrogens (tertiary/aromatic N) is 1. The molecule has 0 saturated carbocycles. The van der Waals surface area contributed by atoms with E-state index >= 15 is 0 Å². The van der Waals surface area contributed by atoms with E-state index in [9.17, 15) is 4.79 Å². The van der Waals surface area contributed by atoms with Crippen LogP contribution < -0.4 is 5.43 Å². The van der Waals surface area contributed by atoms with Crippen LogP contribution in [0.3, 0.4) is 0 Å². The lowest BCUT2D eigenvalue weighted by atomic mass is 10.0. The second-order valence-corrected chi connectivity index (χ2v) is 7.97. The van der Waals surface area contributed by atoms with Crippen molar-refractivity contribution >= 4 is 10.9 Å². The fourth-order valence-corrected chi connectivity index (χ4v) is 3.41. The molecule has 3 heteroatoms. The number of hydrogen-bond acceptors (Lipinski definition) is 2. The van der Waals surface area contributed by atoms with Crippen LogP contribution in [-0.2, 0) is 6.54 Å². The van der Waals surface area contributed by atoms with Crippen molar-refractivity contribution in [2.45, 2.75) is 55.0 Å². The maximum absolute atomic E-state index is 13.1. The third-order valence-electron chi connectivity index (χ3n) is 4.65. The number of nitrogens with one attached hydrogen (secondary N) is 1. The molecule has 0 atom stereocenters. The predicted molar refractivity (Wildman–Crippen MR) is 104 cm³/mol. The minimum atomic E-state index is 0.182. The average molecular weight is 329 g/mol. The Morgan fingerprint density at radius 2 is 1.58 bits per heavy atom. The summed E-state index contributed by atoms with van der Waals surface area (Å²) in [5, 5.41) is 0.813. The van der Waals surface area contributed by atoms with Crippen LogP contribution in [0.25, 0.3) is 10.9 Å². The highest BCUT2D eigenvalue weighted by atomic mass is 16.1. The molecule has 0 fully saturated rings. The number of benzene rings is 1. The van der Waals surface area contributed by atoms with Crippen molar-refractivity contribution < 1.29 is 0 Å². The molecule has 24 heavy (non-hydrogen) atoms. The fourth-order valence-electron chi connectivity index (χ4n) is 3.41. The summed E-state index contributed by atoms with van der Waals surface area (Å²) in [5.41, 5.74) is 5.46. The van der Waals surface area contributed by atoms with E-state index in [-0.39, 0.29) is 5.43 Å². The molecule has 0 amide bonds. The Morgan fingerprint density at radius 1 is 1.00 bits per heavy atom. The van der Waals surface area contributed by atoms with E-state index in [4.69, 9.17) is 0 Å². The summed E-state index contributed by atoms with van der Waals surface area (Å²) in [5.74, 6) is 1.18. The zero-order valence-electron chi connectivity index (χ0n) is 16.3. The molecule has 0 spiro atoms. The normalized spacial score (nSPS) is 12.1. The van der Waals surface area contributed by atoms with Crippen molar-refractivity contribution in [1.29, 1.82) is 0 Å². The number of fused-ring (bicyclic) bond motifs is 1. The van der Waals surface area contributed by atoms with Crippen LogP contribution >= 0.6 is 0 Å². The SMILES string of the molecule is Cc1ccc2c(=O)c(CN(CC(C)C)CC(C)C)c(C)[nH]c2c1C. The minimum Gasteiger partial charge on any atom is -0.358 e. The molecule has 0 aliphatic carbocycles. The molecule has 1 N–H and O–H groups in total. The van der Waals surface area contributed by atoms with Crippen LogP contribution in [0, 0.1) is 32.6 Å². The van der Waals surface area contributed by atoms with E-state index in [2.05, 4.69) is 51.4 Å². The zero-order chi connectivity index (χ0) is 18.0. The van der Waals surface area contributed by atoms with Gasteiger partial charge in [-0.25, -0.2) is 0 Å². The summed E-state index contributed by atoms with van der Waals surface area (Å²) in [4.78, 5) is 19.0. The number of aromatic amines is 1. The molecule has 3 nitrogen and oxygen atoms in total. The smallest absolute Gasteiger partial charge is 0.194 e. The van der Waals surface area contributed by atoms with Gasteiger partial charge in [-0.15, -0.1) is 0 Å². The lowest BCUT2D eigenvalue weighted by Gasteiger charge is -2.26. The third kappa shape index (κ3) is 4.07. The van der Waals surface area contributed by atoms with Gasteiger partial charge in [0, 0.05) is 36.3 Å². The maximum Gasteiger partial charge on any atom is 0.194 e. The second-order valence-electron chi connectivity index (χ2n) is 7.97. The van der Waals surface area contributed by atoms with Crippen molar-refractivity contribution in [3.8, 4) is 0 Å². The Kier molecular flexibility index (Phi) is 5.87. The Hall–Kier alpha value is -1.61. The molecule has 0 aliphatic rings. The number of H-pyrrole nitrogens is 1. The number of aryl methyl sites for hydroxylation is 3. The number of hydrogen-bond donors (Lipinski definition) is 1. The fraction of sp³-hybridized carbons (Fsp3) is 0.571. The first kappa shape index (κ1) is 18.7. The molecule has 132 valence electrons. The van der Waals surface area contributed by atoms with Gasteiger partial charge in [-0.3, -0.25) is 9.69 Å². The van der Waals surface area contributed by atoms with Gasteiger partial charge in [-0.1, -0.05) is 33.8 Å². The molecule has 2 aromatic rings. The molecule has 0 bridgehead atoms. The van der Waals surface area contributed by atoms with Gasteiger partial charge in [-0.2, -0.15) is 0 Å². The van der Waals surface area contributed by atoms with E-state index in [1.54, 1.807) is 0 Å². The minimum absolute atomic E-state index is 0.182. The molecule has 0 saturated heterocycles. The summed E-state index contributed by atoms with van der Waals surface area (Å²) in [6.07, 6.45) is 0. The highest BCUT2D eigenvalue weighted by molar-refractivity contribution is 5.83. The zero-order valence-corrected chi connectivity index (χ0v) is 16.3. The number of rotatable bonds is 6. The molecule has 1 aromatic heterocycles. The molecule has 0 radical (unpaired) electrons. The van der Waals surface area contributed by atoms with Crippen LogP contribution in [0.15, 0.2) is 16.9 Å². The van der Waals surface area contributed by atoms with E-state index in [0.29, 0.717) is 11.8 Å². The highest BCUT2D eigenvalue weighted by Crippen LogP contribution is 2.20. The molecular formula is C21H32N2O. The van der Waals surface area contributed by atoms with E-state index < -0.39 is 0 Å². The van der Waals surface area contributed by atoms with Crippen LogP contribution in [0.4, 0.5) is 0 Å². The quantitative estimate of drug-likeness (QED) is 0.843. The highest BCUT2D eigenvalue weighted by Gasteiger charge is 2.16. The van der Waals surface area contributed by atoms with E-state index in [1.807, 2.05) is 19.1 Å². The summed E-state index contributed by atoms with van der Waals surface area (Å²) in [7, 11) is 0. The van der Waals surface area contributed by atoms with Gasteiger partial charge < -0.3 is 4.98 Å². The van der Waals surface area contributed by atoms with Gasteiger partial charge in [0.05, 0.1) is 5.52 Å². The van der Waals surface area contributed by atoms with Crippen LogP contribution in [-0.4, -0.2) is 23.0 Å². The van der Waals surface area contributed by atoms with Gasteiger partial charge in [-0.05, 0) is 49.8 Å². The predicted octanol–water partition coefficient (Wildman–Crippen LogP) is 4.57. The second kappa shape index (κ2) is 7.52. The number of pyridine rings is 1. The van der Waals surface area contributed by atoms with Gasteiger partial charge in [0.1, 0.15) is 0 Å². The summed E-state index contributed by atoms with van der Waals surface area (Å²) in [6.45, 7) is 17.9. The van der Waals surface area contributed by atoms with Crippen molar-refractivity contribution in [3.63, 3.8) is 0 Å². The first-order valence-electron chi connectivity index (χ1n) is 9.04. The first-order valence-corrected chi connectivity index (χ1v) is 9.04. The standard InChI is InChI=1S/C21H32N2O/c1-13(2)10-23(11-14(3)4)12-19-17(7)22-20-16(6)15(5)8-9-18(20)21(19)24/h8-9,13-14H,10-12H2,1-7H3,(H,22,24). The third-order valence-corrected chi connectivity index (χ3v) is 4.65. The van der Waals surface area contributed by atoms with Gasteiger partial charge in [0.15, 0.2) is 5.43 Å². The largest absolute Gasteiger partial charge is 0.358 e. The van der Waals surface area contributed by atoms with Crippen molar-refractivity contribution in [2.24, 2.45) is 11.8 Å². The first-order chi connectivity index (χ1) is 11.2. The molecule has 2 rings (SSSR count). The summed E-state index contributed by atoms with van der Waals surface area (Å²) < 4.78 is 0. The Bertz CT molecular complexity index is 761. The molecule has 0 unspecified atom stereocenters.